The molecule has 0 bridgehead atoms. The second-order valence-electron chi connectivity index (χ2n) is 9.55. The van der Waals surface area contributed by atoms with E-state index in [-0.39, 0.29) is 22.5 Å². The summed E-state index contributed by atoms with van der Waals surface area (Å²) in [5.74, 6) is -1.92. The lowest BCUT2D eigenvalue weighted by Gasteiger charge is -2.43. The van der Waals surface area contributed by atoms with E-state index < -0.39 is 66.6 Å². The van der Waals surface area contributed by atoms with Crippen LogP contribution in [0.4, 0.5) is 0 Å². The summed E-state index contributed by atoms with van der Waals surface area (Å²) >= 11 is 0. The molecule has 14 nitrogen and oxygen atoms in total. The molecule has 4 rings (SSSR count). The normalized spacial score (nSPS) is 21.1. The highest BCUT2D eigenvalue weighted by molar-refractivity contribution is 5.79. The van der Waals surface area contributed by atoms with Gasteiger partial charge >= 0.3 is 23.9 Å². The minimum absolute atomic E-state index is 0.0593. The zero-order chi connectivity index (χ0) is 32.0. The standard InChI is InChI=1S/C30H30O14/c1-15(31)37-14-25-27(39-16(2)32)28(40-17(3)33)29(41-18(4)34)30(44-25)43-21-10-11-22-23(12-21)38-13-24(26(22)35)42-20-8-6-19(36-5)7-9-20/h6-13,25,27-30H,14H2,1-5H3/t25-,27-,28-,29-,30+/m0/s1. The van der Waals surface area contributed by atoms with Crippen LogP contribution in [0.1, 0.15) is 27.7 Å². The number of carbonyl (C=O) groups excluding carboxylic acids is 4. The van der Waals surface area contributed by atoms with Gasteiger partial charge in [0, 0.05) is 33.8 Å². The van der Waals surface area contributed by atoms with Crippen LogP contribution >= 0.6 is 0 Å². The maximum absolute atomic E-state index is 13.1. The summed E-state index contributed by atoms with van der Waals surface area (Å²) in [6.07, 6.45) is -5.68. The first kappa shape index (κ1) is 31.8. The third-order valence-electron chi connectivity index (χ3n) is 6.20. The highest BCUT2D eigenvalue weighted by Gasteiger charge is 2.53. The van der Waals surface area contributed by atoms with Gasteiger partial charge in [0.25, 0.3) is 0 Å². The first-order valence-corrected chi connectivity index (χ1v) is 13.3. The Labute approximate surface area is 250 Å². The van der Waals surface area contributed by atoms with Crippen molar-refractivity contribution in [2.24, 2.45) is 0 Å². The fourth-order valence-corrected chi connectivity index (χ4v) is 4.42. The minimum atomic E-state index is -1.46. The predicted octanol–water partition coefficient (Wildman–Crippen LogP) is 3.06. The number of benzene rings is 2. The van der Waals surface area contributed by atoms with Gasteiger partial charge in [-0.05, 0) is 36.4 Å². The lowest BCUT2D eigenvalue weighted by atomic mass is 9.98. The van der Waals surface area contributed by atoms with E-state index in [2.05, 4.69) is 0 Å². The number of ether oxygens (including phenoxy) is 8. The number of hydrogen-bond donors (Lipinski definition) is 0. The van der Waals surface area contributed by atoms with Crippen LogP contribution in [-0.4, -0.2) is 68.3 Å². The predicted molar refractivity (Wildman–Crippen MR) is 148 cm³/mol. The Morgan fingerprint density at radius 1 is 0.750 bits per heavy atom. The highest BCUT2D eigenvalue weighted by atomic mass is 16.7. The average Bonchev–Trinajstić information content (AvgIpc) is 2.96. The molecule has 1 fully saturated rings. The third-order valence-corrected chi connectivity index (χ3v) is 6.20. The number of rotatable bonds is 10. The summed E-state index contributed by atoms with van der Waals surface area (Å²) in [6, 6.07) is 10.9. The molecule has 14 heteroatoms. The lowest BCUT2D eigenvalue weighted by Crippen LogP contribution is -2.63. The fraction of sp³-hybridized carbons (Fsp3) is 0.367. The van der Waals surface area contributed by atoms with Crippen molar-refractivity contribution in [1.82, 2.24) is 0 Å². The van der Waals surface area contributed by atoms with Gasteiger partial charge in [-0.3, -0.25) is 24.0 Å². The molecule has 44 heavy (non-hydrogen) atoms. The molecule has 0 amide bonds. The molecule has 2 heterocycles. The summed E-state index contributed by atoms with van der Waals surface area (Å²) in [5, 5.41) is 0.171. The van der Waals surface area contributed by atoms with Gasteiger partial charge < -0.3 is 42.3 Å². The molecule has 0 saturated carbocycles. The summed E-state index contributed by atoms with van der Waals surface area (Å²) < 4.78 is 49.6. The van der Waals surface area contributed by atoms with Crippen LogP contribution in [-0.2, 0) is 42.9 Å². The number of esters is 4. The first-order valence-electron chi connectivity index (χ1n) is 13.3. The molecule has 234 valence electrons. The molecule has 1 saturated heterocycles. The van der Waals surface area contributed by atoms with Gasteiger partial charge in [-0.25, -0.2) is 0 Å². The number of carbonyl (C=O) groups is 4. The molecular weight excluding hydrogens is 584 g/mol. The van der Waals surface area contributed by atoms with E-state index in [1.807, 2.05) is 0 Å². The van der Waals surface area contributed by atoms with Crippen LogP contribution in [0, 0.1) is 0 Å². The Balaban J connectivity index is 1.65. The molecule has 0 radical (unpaired) electrons. The Morgan fingerprint density at radius 2 is 1.34 bits per heavy atom. The van der Waals surface area contributed by atoms with Gasteiger partial charge in [0.2, 0.25) is 23.6 Å². The molecule has 1 aromatic heterocycles. The van der Waals surface area contributed by atoms with E-state index in [4.69, 9.17) is 42.3 Å². The molecule has 0 spiro atoms. The smallest absolute Gasteiger partial charge is 0.303 e. The summed E-state index contributed by atoms with van der Waals surface area (Å²) in [5.41, 5.74) is -0.332. The zero-order valence-corrected chi connectivity index (χ0v) is 24.4. The van der Waals surface area contributed by atoms with E-state index in [9.17, 15) is 24.0 Å². The highest BCUT2D eigenvalue weighted by Crippen LogP contribution is 2.32. The number of fused-ring (bicyclic) bond motifs is 1. The van der Waals surface area contributed by atoms with Gasteiger partial charge in [-0.15, -0.1) is 0 Å². The summed E-state index contributed by atoms with van der Waals surface area (Å²) in [6.45, 7) is 4.10. The quantitative estimate of drug-likeness (QED) is 0.241. The van der Waals surface area contributed by atoms with Crippen molar-refractivity contribution in [2.45, 2.75) is 58.4 Å². The Morgan fingerprint density at radius 3 is 1.95 bits per heavy atom. The van der Waals surface area contributed by atoms with Crippen LogP contribution in [0.3, 0.4) is 0 Å². The van der Waals surface area contributed by atoms with Gasteiger partial charge in [0.15, 0.2) is 12.2 Å². The van der Waals surface area contributed by atoms with Gasteiger partial charge in [-0.2, -0.15) is 0 Å². The van der Waals surface area contributed by atoms with E-state index >= 15 is 0 Å². The molecule has 2 aromatic carbocycles. The SMILES string of the molecule is COc1ccc(Oc2coc3cc(O[C@@H]4O[C@@H](COC(C)=O)[C@H](OC(C)=O)[C@H](OC(C)=O)[C@@H]4OC(C)=O)ccc3c2=O)cc1. The molecule has 5 atom stereocenters. The summed E-state index contributed by atoms with van der Waals surface area (Å²) in [7, 11) is 1.53. The van der Waals surface area contributed by atoms with E-state index in [1.54, 1.807) is 24.3 Å². The van der Waals surface area contributed by atoms with Crippen molar-refractivity contribution in [3.63, 3.8) is 0 Å². The maximum Gasteiger partial charge on any atom is 0.303 e. The molecule has 3 aromatic rings. The van der Waals surface area contributed by atoms with Gasteiger partial charge in [-0.1, -0.05) is 0 Å². The fourth-order valence-electron chi connectivity index (χ4n) is 4.42. The Kier molecular flexibility index (Phi) is 10.1. The monoisotopic (exact) mass is 614 g/mol. The maximum atomic E-state index is 13.1. The van der Waals surface area contributed by atoms with Crippen LogP contribution in [0.5, 0.6) is 23.0 Å². The first-order chi connectivity index (χ1) is 20.9. The van der Waals surface area contributed by atoms with Crippen molar-refractivity contribution in [3.8, 4) is 23.0 Å². The second-order valence-corrected chi connectivity index (χ2v) is 9.55. The van der Waals surface area contributed by atoms with E-state index in [0.29, 0.717) is 11.5 Å². The van der Waals surface area contributed by atoms with Crippen molar-refractivity contribution in [2.75, 3.05) is 13.7 Å². The van der Waals surface area contributed by atoms with Crippen molar-refractivity contribution in [1.29, 1.82) is 0 Å². The van der Waals surface area contributed by atoms with Gasteiger partial charge in [0.05, 0.1) is 12.5 Å². The zero-order valence-electron chi connectivity index (χ0n) is 24.4. The van der Waals surface area contributed by atoms with Crippen molar-refractivity contribution < 1.29 is 61.5 Å². The minimum Gasteiger partial charge on any atom is -0.497 e. The third kappa shape index (κ3) is 7.83. The van der Waals surface area contributed by atoms with E-state index in [0.717, 1.165) is 27.0 Å². The second kappa shape index (κ2) is 13.9. The van der Waals surface area contributed by atoms with Crippen LogP contribution in [0.2, 0.25) is 0 Å². The number of methoxy groups -OCH3 is 1. The van der Waals surface area contributed by atoms with E-state index in [1.165, 1.54) is 32.2 Å². The van der Waals surface area contributed by atoms with Crippen LogP contribution in [0.25, 0.3) is 11.0 Å². The number of hydrogen-bond acceptors (Lipinski definition) is 14. The van der Waals surface area contributed by atoms with Crippen molar-refractivity contribution >= 4 is 34.8 Å². The summed E-state index contributed by atoms with van der Waals surface area (Å²) in [4.78, 5) is 60.7. The van der Waals surface area contributed by atoms with Crippen LogP contribution in [0.15, 0.2) is 57.9 Å². The molecule has 1 aliphatic rings. The van der Waals surface area contributed by atoms with Gasteiger partial charge in [0.1, 0.15) is 41.8 Å². The molecule has 0 unspecified atom stereocenters. The molecular formula is C30H30O14. The Bertz CT molecular complexity index is 1580. The molecule has 1 aliphatic heterocycles. The largest absolute Gasteiger partial charge is 0.497 e. The lowest BCUT2D eigenvalue weighted by molar-refractivity contribution is -0.288. The Hall–Kier alpha value is -5.11. The molecule has 0 aliphatic carbocycles. The topological polar surface area (TPSA) is 172 Å². The van der Waals surface area contributed by atoms with Crippen molar-refractivity contribution in [3.05, 3.63) is 59.0 Å². The average molecular weight is 615 g/mol. The molecule has 0 N–H and O–H groups in total. The van der Waals surface area contributed by atoms with Crippen LogP contribution < -0.4 is 19.6 Å².